The second-order valence-corrected chi connectivity index (χ2v) is 8.90. The van der Waals surface area contributed by atoms with Gasteiger partial charge in [-0.05, 0) is 29.8 Å². The Morgan fingerprint density at radius 1 is 1.21 bits per heavy atom. The molecule has 1 amide bonds. The zero-order valence-corrected chi connectivity index (χ0v) is 17.2. The number of nitrogens with one attached hydrogen (secondary N) is 2. The van der Waals surface area contributed by atoms with Crippen LogP contribution in [0.15, 0.2) is 53.0 Å². The third-order valence-corrected chi connectivity index (χ3v) is 5.69. The summed E-state index contributed by atoms with van der Waals surface area (Å²) in [5, 5.41) is 9.01. The van der Waals surface area contributed by atoms with Crippen LogP contribution in [0.3, 0.4) is 0 Å². The Hall–Kier alpha value is -2.72. The van der Waals surface area contributed by atoms with E-state index in [-0.39, 0.29) is 11.7 Å². The van der Waals surface area contributed by atoms with Crippen molar-refractivity contribution in [1.29, 1.82) is 0 Å². The molecule has 2 aromatic carbocycles. The number of carbonyl (C=O) groups excluding carboxylic acids is 1. The van der Waals surface area contributed by atoms with E-state index < -0.39 is 21.5 Å². The van der Waals surface area contributed by atoms with E-state index in [1.54, 1.807) is 36.4 Å². The van der Waals surface area contributed by atoms with E-state index in [1.165, 1.54) is 7.11 Å². The van der Waals surface area contributed by atoms with Gasteiger partial charge in [-0.3, -0.25) is 15.2 Å². The minimum Gasteiger partial charge on any atom is -0.496 e. The van der Waals surface area contributed by atoms with E-state index in [4.69, 9.17) is 4.74 Å². The fraction of sp³-hybridized carbons (Fsp3) is 0.167. The Morgan fingerprint density at radius 3 is 2.75 bits per heavy atom. The van der Waals surface area contributed by atoms with Crippen molar-refractivity contribution < 1.29 is 17.9 Å². The number of H-pyrrole nitrogens is 1. The Morgan fingerprint density at radius 2 is 2.00 bits per heavy atom. The molecule has 0 aliphatic carbocycles. The zero-order chi connectivity index (χ0) is 20.1. The number of para-hydroxylation sites is 1. The van der Waals surface area contributed by atoms with Gasteiger partial charge in [0.2, 0.25) is 11.9 Å². The standard InChI is InChI=1S/C18H17BrN4O4S/c1-27-15-8-3-2-7-14(15)17-21-18(23-22-17)20-16(24)11-28(25,26)10-12-5-4-6-13(19)9-12/h2-9H,10-11H2,1H3,(H2,20,21,22,23,24). The summed E-state index contributed by atoms with van der Waals surface area (Å²) in [6.07, 6.45) is 0. The molecule has 0 aliphatic heterocycles. The van der Waals surface area contributed by atoms with Crippen LogP contribution >= 0.6 is 15.9 Å². The minimum atomic E-state index is -3.65. The maximum absolute atomic E-state index is 12.3. The van der Waals surface area contributed by atoms with Crippen molar-refractivity contribution >= 4 is 37.6 Å². The highest BCUT2D eigenvalue weighted by Gasteiger charge is 2.19. The van der Waals surface area contributed by atoms with Crippen molar-refractivity contribution in [3.8, 4) is 17.1 Å². The number of ether oxygens (including phenoxy) is 1. The number of aromatic amines is 1. The summed E-state index contributed by atoms with van der Waals surface area (Å²) >= 11 is 3.29. The number of anilines is 1. The van der Waals surface area contributed by atoms with Gasteiger partial charge < -0.3 is 4.74 Å². The molecule has 8 nitrogen and oxygen atoms in total. The van der Waals surface area contributed by atoms with Crippen molar-refractivity contribution in [2.75, 3.05) is 18.2 Å². The normalized spacial score (nSPS) is 11.2. The molecule has 28 heavy (non-hydrogen) atoms. The van der Waals surface area contributed by atoms with Gasteiger partial charge in [0.05, 0.1) is 18.4 Å². The lowest BCUT2D eigenvalue weighted by atomic mass is 10.2. The van der Waals surface area contributed by atoms with Crippen LogP contribution in [0.1, 0.15) is 5.56 Å². The summed E-state index contributed by atoms with van der Waals surface area (Å²) in [5.41, 5.74) is 1.26. The zero-order valence-electron chi connectivity index (χ0n) is 14.8. The van der Waals surface area contributed by atoms with E-state index in [0.29, 0.717) is 22.7 Å². The van der Waals surface area contributed by atoms with Gasteiger partial charge in [0.25, 0.3) is 0 Å². The molecule has 1 heterocycles. The molecule has 10 heteroatoms. The Kier molecular flexibility index (Phi) is 6.10. The summed E-state index contributed by atoms with van der Waals surface area (Å²) in [6, 6.07) is 14.1. The van der Waals surface area contributed by atoms with Crippen LogP contribution in [0.2, 0.25) is 0 Å². The van der Waals surface area contributed by atoms with Gasteiger partial charge in [-0.1, -0.05) is 40.2 Å². The first-order valence-corrected chi connectivity index (χ1v) is 10.8. The Balaban J connectivity index is 1.66. The van der Waals surface area contributed by atoms with Gasteiger partial charge in [-0.15, -0.1) is 5.10 Å². The number of sulfone groups is 1. The maximum Gasteiger partial charge on any atom is 0.249 e. The predicted octanol–water partition coefficient (Wildman–Crippen LogP) is 2.80. The Labute approximate surface area is 170 Å². The van der Waals surface area contributed by atoms with Crippen molar-refractivity contribution in [3.63, 3.8) is 0 Å². The van der Waals surface area contributed by atoms with E-state index in [9.17, 15) is 13.2 Å². The average Bonchev–Trinajstić information content (AvgIpc) is 3.08. The lowest BCUT2D eigenvalue weighted by Gasteiger charge is -2.05. The van der Waals surface area contributed by atoms with Crippen molar-refractivity contribution in [3.05, 3.63) is 58.6 Å². The van der Waals surface area contributed by atoms with Crippen molar-refractivity contribution in [2.45, 2.75) is 5.75 Å². The monoisotopic (exact) mass is 464 g/mol. The van der Waals surface area contributed by atoms with Crippen molar-refractivity contribution in [2.24, 2.45) is 0 Å². The quantitative estimate of drug-likeness (QED) is 0.555. The number of halogens is 1. The lowest BCUT2D eigenvalue weighted by Crippen LogP contribution is -2.24. The number of benzene rings is 2. The first-order valence-electron chi connectivity index (χ1n) is 8.17. The summed E-state index contributed by atoms with van der Waals surface area (Å²) < 4.78 is 30.6. The summed E-state index contributed by atoms with van der Waals surface area (Å²) in [7, 11) is -2.11. The molecule has 0 bridgehead atoms. The van der Waals surface area contributed by atoms with E-state index >= 15 is 0 Å². The number of methoxy groups -OCH3 is 1. The largest absolute Gasteiger partial charge is 0.496 e. The lowest BCUT2D eigenvalue weighted by molar-refractivity contribution is -0.113. The fourth-order valence-electron chi connectivity index (χ4n) is 2.57. The highest BCUT2D eigenvalue weighted by molar-refractivity contribution is 9.10. The van der Waals surface area contributed by atoms with Crippen LogP contribution in [0.4, 0.5) is 5.95 Å². The van der Waals surface area contributed by atoms with Gasteiger partial charge in [-0.2, -0.15) is 4.98 Å². The van der Waals surface area contributed by atoms with Crippen LogP contribution in [0.5, 0.6) is 5.75 Å². The molecular weight excluding hydrogens is 448 g/mol. The Bertz CT molecular complexity index is 1100. The molecule has 0 radical (unpaired) electrons. The maximum atomic E-state index is 12.3. The molecule has 1 aromatic heterocycles. The number of nitrogens with zero attached hydrogens (tertiary/aromatic N) is 2. The van der Waals surface area contributed by atoms with E-state index in [1.807, 2.05) is 12.1 Å². The molecule has 0 saturated heterocycles. The van der Waals surface area contributed by atoms with E-state index in [0.717, 1.165) is 4.47 Å². The highest BCUT2D eigenvalue weighted by atomic mass is 79.9. The van der Waals surface area contributed by atoms with Crippen LogP contribution < -0.4 is 10.1 Å². The number of aromatic nitrogens is 3. The van der Waals surface area contributed by atoms with Gasteiger partial charge in [-0.25, -0.2) is 8.42 Å². The first kappa shape index (κ1) is 20.0. The van der Waals surface area contributed by atoms with Crippen molar-refractivity contribution in [1.82, 2.24) is 15.2 Å². The summed E-state index contributed by atoms with van der Waals surface area (Å²) in [4.78, 5) is 16.3. The molecule has 0 fully saturated rings. The van der Waals surface area contributed by atoms with Gasteiger partial charge in [0.15, 0.2) is 15.7 Å². The third-order valence-electron chi connectivity index (χ3n) is 3.73. The smallest absolute Gasteiger partial charge is 0.249 e. The predicted molar refractivity (Wildman–Crippen MR) is 109 cm³/mol. The second-order valence-electron chi connectivity index (χ2n) is 5.92. The molecule has 0 saturated carbocycles. The molecular formula is C18H17BrN4O4S. The molecule has 0 atom stereocenters. The van der Waals surface area contributed by atoms with Crippen LogP contribution in [0.25, 0.3) is 11.4 Å². The highest BCUT2D eigenvalue weighted by Crippen LogP contribution is 2.27. The third kappa shape index (κ3) is 5.17. The average molecular weight is 465 g/mol. The molecule has 0 aliphatic rings. The molecule has 3 rings (SSSR count). The molecule has 0 unspecified atom stereocenters. The number of hydrogen-bond donors (Lipinski definition) is 2. The SMILES string of the molecule is COc1ccccc1-c1nc(NC(=O)CS(=O)(=O)Cc2cccc(Br)c2)n[nH]1. The number of rotatable bonds is 7. The molecule has 3 aromatic rings. The first-order chi connectivity index (χ1) is 13.4. The summed E-state index contributed by atoms with van der Waals surface area (Å²) in [6.45, 7) is 0. The fourth-order valence-corrected chi connectivity index (χ4v) is 4.28. The van der Waals surface area contributed by atoms with Crippen LogP contribution in [-0.2, 0) is 20.4 Å². The molecule has 0 spiro atoms. The molecule has 2 N–H and O–H groups in total. The summed E-state index contributed by atoms with van der Waals surface area (Å²) in [5.74, 6) is -0.639. The van der Waals surface area contributed by atoms with Crippen LogP contribution in [0, 0.1) is 0 Å². The number of carbonyl (C=O) groups is 1. The van der Waals surface area contributed by atoms with E-state index in [2.05, 4.69) is 36.4 Å². The van der Waals surface area contributed by atoms with Gasteiger partial charge >= 0.3 is 0 Å². The second kappa shape index (κ2) is 8.53. The van der Waals surface area contributed by atoms with Gasteiger partial charge in [0.1, 0.15) is 11.5 Å². The van der Waals surface area contributed by atoms with Gasteiger partial charge in [0, 0.05) is 4.47 Å². The molecule has 146 valence electrons. The number of amides is 1. The number of hydrogen-bond acceptors (Lipinski definition) is 6. The van der Waals surface area contributed by atoms with Crippen LogP contribution in [-0.4, -0.2) is 42.4 Å². The topological polar surface area (TPSA) is 114 Å². The minimum absolute atomic E-state index is 0.0106.